The number of fused-ring (bicyclic) bond motifs is 1. The lowest BCUT2D eigenvalue weighted by Crippen LogP contribution is -1.98. The first-order valence-corrected chi connectivity index (χ1v) is 5.99. The van der Waals surface area contributed by atoms with Crippen molar-refractivity contribution in [3.63, 3.8) is 0 Å². The molecule has 0 bridgehead atoms. The van der Waals surface area contributed by atoms with E-state index in [-0.39, 0.29) is 17.4 Å². The van der Waals surface area contributed by atoms with Crippen LogP contribution in [0.1, 0.15) is 5.69 Å². The Kier molecular flexibility index (Phi) is 3.11. The van der Waals surface area contributed by atoms with Gasteiger partial charge < -0.3 is 9.84 Å². The number of nitrogens with zero attached hydrogens (tertiary/aromatic N) is 3. The minimum absolute atomic E-state index is 0.0175. The summed E-state index contributed by atoms with van der Waals surface area (Å²) in [5, 5.41) is 24.3. The number of hydrogen-bond acceptors (Lipinski definition) is 5. The quantitative estimate of drug-likeness (QED) is 0.775. The Hall–Kier alpha value is -2.41. The molecule has 0 fully saturated rings. The molecule has 2 N–H and O–H groups in total. The van der Waals surface area contributed by atoms with Crippen LogP contribution in [0, 0.1) is 5.82 Å². The van der Waals surface area contributed by atoms with E-state index in [9.17, 15) is 9.50 Å². The Labute approximate surface area is 117 Å². The van der Waals surface area contributed by atoms with Crippen LogP contribution in [0.5, 0.6) is 11.5 Å². The van der Waals surface area contributed by atoms with Gasteiger partial charge in [-0.15, -0.1) is 5.10 Å². The zero-order chi connectivity index (χ0) is 14.1. The number of benzene rings is 1. The van der Waals surface area contributed by atoms with E-state index >= 15 is 0 Å². The minimum Gasteiger partial charge on any atom is -0.504 e. The second kappa shape index (κ2) is 4.93. The van der Waals surface area contributed by atoms with Crippen LogP contribution >= 0.6 is 11.6 Å². The highest BCUT2D eigenvalue weighted by Gasteiger charge is 2.14. The number of rotatable bonds is 3. The molecule has 20 heavy (non-hydrogen) atoms. The van der Waals surface area contributed by atoms with E-state index in [0.717, 1.165) is 5.39 Å². The Balaban J connectivity index is 1.85. The Morgan fingerprint density at radius 2 is 2.20 bits per heavy atom. The highest BCUT2D eigenvalue weighted by molar-refractivity contribution is 6.32. The molecule has 2 heterocycles. The van der Waals surface area contributed by atoms with Crippen molar-refractivity contribution < 1.29 is 14.2 Å². The molecule has 0 saturated carbocycles. The summed E-state index contributed by atoms with van der Waals surface area (Å²) in [6.07, 6.45) is 1.52. The number of ether oxygens (including phenoxy) is 1. The van der Waals surface area contributed by atoms with Crippen LogP contribution in [0.2, 0.25) is 5.02 Å². The van der Waals surface area contributed by atoms with Gasteiger partial charge in [0.1, 0.15) is 12.3 Å². The molecule has 102 valence electrons. The van der Waals surface area contributed by atoms with Gasteiger partial charge in [-0.05, 0) is 18.2 Å². The van der Waals surface area contributed by atoms with Crippen molar-refractivity contribution in [2.75, 3.05) is 0 Å². The highest BCUT2D eigenvalue weighted by atomic mass is 35.5. The zero-order valence-electron chi connectivity index (χ0n) is 9.97. The van der Waals surface area contributed by atoms with E-state index in [0.29, 0.717) is 11.3 Å². The van der Waals surface area contributed by atoms with Gasteiger partial charge in [0.15, 0.2) is 17.1 Å². The number of aromatic hydroxyl groups is 1. The van der Waals surface area contributed by atoms with Crippen LogP contribution in [0.4, 0.5) is 4.39 Å². The molecule has 0 atom stereocenters. The third-order valence-electron chi connectivity index (χ3n) is 2.72. The molecule has 3 aromatic rings. The average molecular weight is 295 g/mol. The highest BCUT2D eigenvalue weighted by Crippen LogP contribution is 2.33. The SMILES string of the molecule is Oc1c(Cl)ccc(OCc2n[nH]c3nnccc23)c1F. The summed E-state index contributed by atoms with van der Waals surface area (Å²) in [5.41, 5.74) is 1.08. The third kappa shape index (κ3) is 2.12. The summed E-state index contributed by atoms with van der Waals surface area (Å²) in [4.78, 5) is 0. The normalized spacial score (nSPS) is 10.9. The van der Waals surface area contributed by atoms with Gasteiger partial charge >= 0.3 is 0 Å². The molecule has 1 aromatic carbocycles. The number of aromatic amines is 1. The largest absolute Gasteiger partial charge is 0.504 e. The fourth-order valence-corrected chi connectivity index (χ4v) is 1.86. The fourth-order valence-electron chi connectivity index (χ4n) is 1.72. The molecule has 0 aliphatic carbocycles. The lowest BCUT2D eigenvalue weighted by atomic mass is 10.3. The maximum atomic E-state index is 13.7. The van der Waals surface area contributed by atoms with Crippen molar-refractivity contribution in [3.05, 3.63) is 40.9 Å². The standard InChI is InChI=1S/C12H8ClFN4O2/c13-7-1-2-9(10(14)11(7)19)20-5-8-6-3-4-15-17-12(6)18-16-8/h1-4,19H,5H2,(H,16,17,18). The number of phenolic OH excluding ortho intramolecular Hbond substituents is 1. The molecule has 0 radical (unpaired) electrons. The van der Waals surface area contributed by atoms with Gasteiger partial charge in [0.05, 0.1) is 11.2 Å². The summed E-state index contributed by atoms with van der Waals surface area (Å²) < 4.78 is 19.0. The topological polar surface area (TPSA) is 83.9 Å². The van der Waals surface area contributed by atoms with Crippen molar-refractivity contribution in [3.8, 4) is 11.5 Å². The predicted octanol–water partition coefficient (Wildman–Crippen LogP) is 2.43. The van der Waals surface area contributed by atoms with Crippen molar-refractivity contribution in [1.29, 1.82) is 0 Å². The van der Waals surface area contributed by atoms with E-state index in [1.165, 1.54) is 18.3 Å². The van der Waals surface area contributed by atoms with Crippen molar-refractivity contribution in [2.24, 2.45) is 0 Å². The van der Waals surface area contributed by atoms with Gasteiger partial charge in [0.2, 0.25) is 5.82 Å². The zero-order valence-corrected chi connectivity index (χ0v) is 10.7. The fraction of sp³-hybridized carbons (Fsp3) is 0.0833. The first-order chi connectivity index (χ1) is 9.66. The van der Waals surface area contributed by atoms with Crippen molar-refractivity contribution in [1.82, 2.24) is 20.4 Å². The summed E-state index contributed by atoms with van der Waals surface area (Å²) in [5.74, 6) is -1.65. The lowest BCUT2D eigenvalue weighted by Gasteiger charge is -2.07. The maximum Gasteiger partial charge on any atom is 0.208 e. The van der Waals surface area contributed by atoms with E-state index in [4.69, 9.17) is 16.3 Å². The van der Waals surface area contributed by atoms with Crippen LogP contribution in [0.3, 0.4) is 0 Å². The smallest absolute Gasteiger partial charge is 0.208 e. The number of hydrogen-bond donors (Lipinski definition) is 2. The van der Waals surface area contributed by atoms with E-state index in [2.05, 4.69) is 20.4 Å². The number of phenols is 1. The molecule has 0 aliphatic heterocycles. The van der Waals surface area contributed by atoms with Crippen molar-refractivity contribution in [2.45, 2.75) is 6.61 Å². The van der Waals surface area contributed by atoms with Gasteiger partial charge in [0.25, 0.3) is 0 Å². The molecule has 3 rings (SSSR count). The molecule has 0 spiro atoms. The Morgan fingerprint density at radius 3 is 3.05 bits per heavy atom. The number of H-pyrrole nitrogens is 1. The monoisotopic (exact) mass is 294 g/mol. The second-order valence-corrected chi connectivity index (χ2v) is 4.37. The van der Waals surface area contributed by atoms with Crippen LogP contribution in [-0.4, -0.2) is 25.5 Å². The lowest BCUT2D eigenvalue weighted by molar-refractivity contribution is 0.281. The molecule has 0 amide bonds. The van der Waals surface area contributed by atoms with Crippen LogP contribution in [-0.2, 0) is 6.61 Å². The Bertz CT molecular complexity index is 777. The van der Waals surface area contributed by atoms with E-state index in [1.54, 1.807) is 6.07 Å². The van der Waals surface area contributed by atoms with Crippen LogP contribution in [0.15, 0.2) is 24.4 Å². The summed E-state index contributed by atoms with van der Waals surface area (Å²) in [6, 6.07) is 4.41. The van der Waals surface area contributed by atoms with Gasteiger partial charge in [0, 0.05) is 5.39 Å². The summed E-state index contributed by atoms with van der Waals surface area (Å²) in [6.45, 7) is 0.0175. The van der Waals surface area contributed by atoms with Gasteiger partial charge in [-0.25, -0.2) is 0 Å². The van der Waals surface area contributed by atoms with E-state index < -0.39 is 11.6 Å². The number of aromatic nitrogens is 4. The average Bonchev–Trinajstić information content (AvgIpc) is 2.87. The Morgan fingerprint density at radius 1 is 1.35 bits per heavy atom. The molecule has 0 unspecified atom stereocenters. The molecular weight excluding hydrogens is 287 g/mol. The van der Waals surface area contributed by atoms with Crippen molar-refractivity contribution >= 4 is 22.6 Å². The first-order valence-electron chi connectivity index (χ1n) is 5.61. The number of halogens is 2. The summed E-state index contributed by atoms with van der Waals surface area (Å²) in [7, 11) is 0. The molecule has 2 aromatic heterocycles. The number of nitrogens with one attached hydrogen (secondary N) is 1. The van der Waals surface area contributed by atoms with Crippen LogP contribution in [0.25, 0.3) is 11.0 Å². The molecular formula is C12H8ClFN4O2. The molecule has 6 nitrogen and oxygen atoms in total. The predicted molar refractivity (Wildman–Crippen MR) is 69.1 cm³/mol. The second-order valence-electron chi connectivity index (χ2n) is 3.96. The van der Waals surface area contributed by atoms with Gasteiger partial charge in [-0.2, -0.15) is 14.6 Å². The molecule has 0 aliphatic rings. The third-order valence-corrected chi connectivity index (χ3v) is 3.03. The first kappa shape index (κ1) is 12.6. The maximum absolute atomic E-state index is 13.7. The van der Waals surface area contributed by atoms with Gasteiger partial charge in [-0.1, -0.05) is 11.6 Å². The molecule has 0 saturated heterocycles. The van der Waals surface area contributed by atoms with Crippen LogP contribution < -0.4 is 4.74 Å². The van der Waals surface area contributed by atoms with E-state index in [1.807, 2.05) is 0 Å². The summed E-state index contributed by atoms with van der Waals surface area (Å²) >= 11 is 5.59. The molecule has 8 heteroatoms. The minimum atomic E-state index is -0.905. The van der Waals surface area contributed by atoms with Gasteiger partial charge in [-0.3, -0.25) is 5.10 Å².